The predicted molar refractivity (Wildman–Crippen MR) is 70.5 cm³/mol. The van der Waals surface area contributed by atoms with Gasteiger partial charge in [-0.05, 0) is 26.2 Å². The number of nitrogens with zero attached hydrogens (tertiary/aromatic N) is 2. The number of carbonyl (C=O) groups is 1. The maximum absolute atomic E-state index is 10.9. The van der Waals surface area contributed by atoms with E-state index in [0.29, 0.717) is 12.8 Å². The van der Waals surface area contributed by atoms with Crippen LogP contribution in [0.1, 0.15) is 33.1 Å². The summed E-state index contributed by atoms with van der Waals surface area (Å²) in [5.41, 5.74) is 0. The van der Waals surface area contributed by atoms with Gasteiger partial charge in [0, 0.05) is 4.92 Å². The highest BCUT2D eigenvalue weighted by atomic mass is 16.7. The van der Waals surface area contributed by atoms with Crippen LogP contribution in [-0.2, 0) is 14.4 Å². The molecule has 0 aromatic rings. The molecule has 0 radical (unpaired) electrons. The third-order valence-electron chi connectivity index (χ3n) is 2.07. The maximum atomic E-state index is 10.9. The van der Waals surface area contributed by atoms with Gasteiger partial charge < -0.3 is 9.57 Å². The van der Waals surface area contributed by atoms with Gasteiger partial charge in [0.15, 0.2) is 12.3 Å². The van der Waals surface area contributed by atoms with Crippen molar-refractivity contribution in [1.29, 1.82) is 0 Å². The van der Waals surface area contributed by atoms with Gasteiger partial charge in [-0.15, -0.1) is 0 Å². The molecule has 0 aliphatic carbocycles. The Balaban J connectivity index is 4.15. The molecule has 0 fully saturated rings. The zero-order valence-electron chi connectivity index (χ0n) is 11.3. The van der Waals surface area contributed by atoms with Gasteiger partial charge in [0.25, 0.3) is 0 Å². The Bertz CT molecular complexity index is 328. The van der Waals surface area contributed by atoms with Crippen LogP contribution < -0.4 is 0 Å². The van der Waals surface area contributed by atoms with Crippen LogP contribution in [0.25, 0.3) is 0 Å². The molecule has 0 heterocycles. The van der Waals surface area contributed by atoms with Crippen molar-refractivity contribution in [2.24, 2.45) is 5.16 Å². The van der Waals surface area contributed by atoms with Crippen LogP contribution in [0.15, 0.2) is 17.3 Å². The topological polar surface area (TPSA) is 91.0 Å². The van der Waals surface area contributed by atoms with Gasteiger partial charge in [-0.1, -0.05) is 24.2 Å². The highest BCUT2D eigenvalue weighted by Gasteiger charge is 2.16. The van der Waals surface area contributed by atoms with Crippen LogP contribution in [0.5, 0.6) is 0 Å². The number of hydrogen-bond acceptors (Lipinski definition) is 6. The molecule has 0 spiro atoms. The van der Waals surface area contributed by atoms with E-state index in [9.17, 15) is 14.9 Å². The van der Waals surface area contributed by atoms with Crippen molar-refractivity contribution in [3.8, 4) is 0 Å². The van der Waals surface area contributed by atoms with Crippen molar-refractivity contribution in [2.45, 2.75) is 39.2 Å². The molecule has 0 bridgehead atoms. The summed E-state index contributed by atoms with van der Waals surface area (Å²) < 4.78 is 4.60. The number of allylic oxidation sites excluding steroid dienone is 2. The third kappa shape index (κ3) is 10.9. The number of esters is 1. The molecule has 0 aromatic heterocycles. The lowest BCUT2D eigenvalue weighted by Crippen LogP contribution is -2.21. The van der Waals surface area contributed by atoms with Crippen molar-refractivity contribution in [2.75, 3.05) is 13.2 Å². The molecule has 0 N–H and O–H groups in total. The number of nitro groups is 1. The highest BCUT2D eigenvalue weighted by Crippen LogP contribution is 2.05. The van der Waals surface area contributed by atoms with Gasteiger partial charge in [-0.25, -0.2) is 4.79 Å². The van der Waals surface area contributed by atoms with Crippen molar-refractivity contribution in [3.05, 3.63) is 22.3 Å². The maximum Gasteiger partial charge on any atom is 0.352 e. The van der Waals surface area contributed by atoms with Gasteiger partial charge >= 0.3 is 5.97 Å². The van der Waals surface area contributed by atoms with Crippen LogP contribution in [0.4, 0.5) is 0 Å². The highest BCUT2D eigenvalue weighted by molar-refractivity contribution is 6.22. The first kappa shape index (κ1) is 17.1. The number of hydrogen-bond donors (Lipinski definition) is 0. The molecule has 0 saturated carbocycles. The second-order valence-corrected chi connectivity index (χ2v) is 3.69. The monoisotopic (exact) mass is 272 g/mol. The molecule has 0 aliphatic rings. The Morgan fingerprint density at radius 2 is 2.16 bits per heavy atom. The van der Waals surface area contributed by atoms with Gasteiger partial charge in [0.1, 0.15) is 0 Å². The molecule has 7 heteroatoms. The van der Waals surface area contributed by atoms with E-state index in [1.165, 1.54) is 0 Å². The van der Waals surface area contributed by atoms with Crippen LogP contribution in [0.3, 0.4) is 0 Å². The fraction of sp³-hybridized carbons (Fsp3) is 0.667. The van der Waals surface area contributed by atoms with Crippen LogP contribution in [-0.4, -0.2) is 36.4 Å². The molecule has 0 saturated heterocycles. The third-order valence-corrected chi connectivity index (χ3v) is 2.07. The second-order valence-electron chi connectivity index (χ2n) is 3.69. The van der Waals surface area contributed by atoms with Crippen molar-refractivity contribution >= 4 is 12.2 Å². The zero-order valence-corrected chi connectivity index (χ0v) is 11.3. The minimum Gasteiger partial charge on any atom is -0.462 e. The summed E-state index contributed by atoms with van der Waals surface area (Å²) in [6.07, 6.45) is 6.19. The Labute approximate surface area is 112 Å². The lowest BCUT2D eigenvalue weighted by atomic mass is 10.2. The summed E-state index contributed by atoms with van der Waals surface area (Å²) in [7, 11) is 0. The lowest BCUT2D eigenvalue weighted by molar-refractivity contribution is -0.491. The van der Waals surface area contributed by atoms with Gasteiger partial charge in [-0.3, -0.25) is 10.1 Å². The molecule has 0 aromatic carbocycles. The number of oxime groups is 1. The van der Waals surface area contributed by atoms with E-state index in [1.807, 2.05) is 19.1 Å². The standard InChI is InChI=1S/C12H20N2O5/c1-3-5-6-7-8-11(10-14(16)17)19-13-9-12(15)18-4-2/h5-6,9,11H,3-4,7-8,10H2,1-2H3/b6-5+,13-9+. The second kappa shape index (κ2) is 11.2. The van der Waals surface area contributed by atoms with E-state index in [1.54, 1.807) is 6.92 Å². The molecule has 1 atom stereocenters. The fourth-order valence-electron chi connectivity index (χ4n) is 1.25. The Hall–Kier alpha value is -1.92. The van der Waals surface area contributed by atoms with Crippen molar-refractivity contribution in [3.63, 3.8) is 0 Å². The summed E-state index contributed by atoms with van der Waals surface area (Å²) in [6.45, 7) is 3.57. The van der Waals surface area contributed by atoms with E-state index >= 15 is 0 Å². The molecule has 1 unspecified atom stereocenters. The van der Waals surface area contributed by atoms with Crippen LogP contribution in [0.2, 0.25) is 0 Å². The predicted octanol–water partition coefficient (Wildman–Crippen LogP) is 1.94. The minimum atomic E-state index is -0.651. The Morgan fingerprint density at radius 3 is 2.74 bits per heavy atom. The summed E-state index contributed by atoms with van der Waals surface area (Å²) >= 11 is 0. The quantitative estimate of drug-likeness (QED) is 0.199. The van der Waals surface area contributed by atoms with E-state index in [4.69, 9.17) is 4.84 Å². The average molecular weight is 272 g/mol. The van der Waals surface area contributed by atoms with E-state index in [0.717, 1.165) is 12.6 Å². The lowest BCUT2D eigenvalue weighted by Gasteiger charge is -2.09. The van der Waals surface area contributed by atoms with Gasteiger partial charge in [-0.2, -0.15) is 0 Å². The van der Waals surface area contributed by atoms with Crippen molar-refractivity contribution < 1.29 is 19.3 Å². The zero-order chi connectivity index (χ0) is 14.5. The minimum absolute atomic E-state index is 0.241. The van der Waals surface area contributed by atoms with E-state index < -0.39 is 17.0 Å². The SMILES string of the molecule is CC/C=C/CCC(C[N+](=O)[O-])O/N=C/C(=O)OCC. The largest absolute Gasteiger partial charge is 0.462 e. The molecule has 19 heavy (non-hydrogen) atoms. The Morgan fingerprint density at radius 1 is 1.42 bits per heavy atom. The first-order valence-corrected chi connectivity index (χ1v) is 6.22. The van der Waals surface area contributed by atoms with Crippen LogP contribution >= 0.6 is 0 Å². The summed E-state index contributed by atoms with van der Waals surface area (Å²) in [5, 5.41) is 13.9. The number of ether oxygens (including phenoxy) is 1. The fourth-order valence-corrected chi connectivity index (χ4v) is 1.25. The van der Waals surface area contributed by atoms with Gasteiger partial charge in [0.2, 0.25) is 6.54 Å². The molecule has 7 nitrogen and oxygen atoms in total. The summed E-state index contributed by atoms with van der Waals surface area (Å²) in [4.78, 5) is 25.9. The van der Waals surface area contributed by atoms with E-state index in [2.05, 4.69) is 9.89 Å². The van der Waals surface area contributed by atoms with E-state index in [-0.39, 0.29) is 13.2 Å². The number of carbonyl (C=O) groups excluding carboxylic acids is 1. The summed E-state index contributed by atoms with van der Waals surface area (Å²) in [6, 6.07) is 0. The number of rotatable bonds is 10. The first-order chi connectivity index (χ1) is 9.10. The molecule has 0 rings (SSSR count). The molecule has 0 amide bonds. The van der Waals surface area contributed by atoms with Crippen LogP contribution in [0, 0.1) is 10.1 Å². The molecule has 108 valence electrons. The summed E-state index contributed by atoms with van der Waals surface area (Å²) in [5.74, 6) is -0.631. The first-order valence-electron chi connectivity index (χ1n) is 6.22. The van der Waals surface area contributed by atoms with Crippen molar-refractivity contribution in [1.82, 2.24) is 0 Å². The smallest absolute Gasteiger partial charge is 0.352 e. The molecular formula is C12H20N2O5. The normalized spacial score (nSPS) is 12.7. The van der Waals surface area contributed by atoms with Gasteiger partial charge in [0.05, 0.1) is 6.61 Å². The molecular weight excluding hydrogens is 252 g/mol. The Kier molecular flexibility index (Phi) is 10.1. The average Bonchev–Trinajstić information content (AvgIpc) is 2.34. The molecule has 0 aliphatic heterocycles.